The summed E-state index contributed by atoms with van der Waals surface area (Å²) in [6.45, 7) is 11.2. The molecule has 0 atom stereocenters. The largest absolute Gasteiger partial charge is 0.355 e. The van der Waals surface area contributed by atoms with Crippen molar-refractivity contribution < 1.29 is 57.5 Å². The van der Waals surface area contributed by atoms with E-state index >= 15 is 0 Å². The van der Waals surface area contributed by atoms with E-state index < -0.39 is 0 Å². The summed E-state index contributed by atoms with van der Waals surface area (Å²) in [7, 11) is 0. The van der Waals surface area contributed by atoms with Gasteiger partial charge < -0.3 is 139 Å². The zero-order chi connectivity index (χ0) is 74.9. The average Bonchev–Trinajstić information content (AvgIpc) is 1.09. The molecule has 101 heavy (non-hydrogen) atoms. The van der Waals surface area contributed by atoms with Crippen LogP contribution in [0.1, 0.15) is 83.5 Å². The normalized spacial score (nSPS) is 11.2. The summed E-state index contributed by atoms with van der Waals surface area (Å²) in [5.41, 5.74) is 44.5. The Bertz CT molecular complexity index is 2130. The number of hydrogen-bond acceptors (Lipinski definition) is 26. The topological polar surface area (TPSA) is 577 Å². The molecule has 28 N–H and O–H groups in total. The Hall–Kier alpha value is -6.92. The molecule has 0 aliphatic heterocycles. The molecule has 0 aliphatic carbocycles. The molecule has 0 bridgehead atoms. The van der Waals surface area contributed by atoms with Gasteiger partial charge in [-0.1, -0.05) is 0 Å². The van der Waals surface area contributed by atoms with Crippen LogP contribution in [0.15, 0.2) is 0 Å². The van der Waals surface area contributed by atoms with Crippen LogP contribution in [0.4, 0.5) is 0 Å². The Labute approximate surface area is 597 Å². The second-order valence-electron chi connectivity index (χ2n) is 23.9. The lowest BCUT2D eigenvalue weighted by Crippen LogP contribution is -2.43. The van der Waals surface area contributed by atoms with Gasteiger partial charge in [0.15, 0.2) is 0 Å². The van der Waals surface area contributed by atoms with Crippen molar-refractivity contribution in [1.29, 1.82) is 0 Å². The molecule has 0 radical (unpaired) electrons. The van der Waals surface area contributed by atoms with Gasteiger partial charge in [-0.3, -0.25) is 57.5 Å². The van der Waals surface area contributed by atoms with Crippen molar-refractivity contribution in [3.8, 4) is 0 Å². The smallest absolute Gasteiger partial charge is 0.221 e. The fourth-order valence-electron chi connectivity index (χ4n) is 9.78. The van der Waals surface area contributed by atoms with Gasteiger partial charge in [0.2, 0.25) is 70.9 Å². The highest BCUT2D eigenvalue weighted by molar-refractivity contribution is 5.80. The molecule has 0 spiro atoms. The summed E-state index contributed by atoms with van der Waals surface area (Å²) in [6.07, 6.45) is 1.77. The third kappa shape index (κ3) is 58.3. The highest BCUT2D eigenvalue weighted by Crippen LogP contribution is 2.05. The van der Waals surface area contributed by atoms with E-state index in [1.54, 1.807) is 0 Å². The van der Waals surface area contributed by atoms with Gasteiger partial charge in [0, 0.05) is 319 Å². The van der Waals surface area contributed by atoms with Gasteiger partial charge in [-0.25, -0.2) is 0 Å². The molecule has 0 saturated heterocycles. The molecule has 0 heterocycles. The maximum Gasteiger partial charge on any atom is 0.221 e. The summed E-state index contributed by atoms with van der Waals surface area (Å²) >= 11 is 0. The molecule has 0 saturated carbocycles. The number of nitrogens with one attached hydrogen (secondary N) is 12. The molecule has 0 aromatic heterocycles. The zero-order valence-corrected chi connectivity index (χ0v) is 60.3. The van der Waals surface area contributed by atoms with Crippen LogP contribution in [0.25, 0.3) is 0 Å². The number of nitrogens with two attached hydrogens (primary N) is 8. The van der Waals surface area contributed by atoms with E-state index in [9.17, 15) is 57.5 Å². The number of hydrogen-bond donors (Lipinski definition) is 20. The van der Waals surface area contributed by atoms with Crippen LogP contribution < -0.4 is 110 Å². The van der Waals surface area contributed by atoms with Gasteiger partial charge in [-0.15, -0.1) is 0 Å². The predicted molar refractivity (Wildman–Crippen MR) is 387 cm³/mol. The lowest BCUT2D eigenvalue weighted by molar-refractivity contribution is -0.123. The van der Waals surface area contributed by atoms with E-state index in [4.69, 9.17) is 45.9 Å². The molecule has 0 aromatic carbocycles. The van der Waals surface area contributed by atoms with E-state index in [1.807, 2.05) is 29.4 Å². The summed E-state index contributed by atoms with van der Waals surface area (Å²) in [5, 5.41) is 33.8. The number of nitrogens with zero attached hydrogens (tertiary/aromatic N) is 6. The van der Waals surface area contributed by atoms with Crippen LogP contribution in [0.5, 0.6) is 0 Å². The van der Waals surface area contributed by atoms with Crippen molar-refractivity contribution in [2.24, 2.45) is 45.9 Å². The maximum atomic E-state index is 13.7. The highest BCUT2D eigenvalue weighted by Gasteiger charge is 2.20. The first kappa shape index (κ1) is 94.1. The SMILES string of the molecule is NCCNC(=O)CCN(CCNC(=O)CCCN(CCC(=O)NCCN(CCC(=O)NCCN)CCC(=O)NCCN)CCN(CCC(=O)NCCN(CCC(=O)NCCN)CCC(=O)NCCN)CCC(=O)NCCN(CCC(=O)NCCN)CCC(=O)NCCN)CCC(=O)NCCN. The number of carbonyl (C=O) groups is 12. The Morgan fingerprint density at radius 2 is 0.287 bits per heavy atom. The van der Waals surface area contributed by atoms with Crippen molar-refractivity contribution in [2.75, 3.05) is 249 Å². The minimum absolute atomic E-state index is 0.0218. The molecule has 0 fully saturated rings. The van der Waals surface area contributed by atoms with Gasteiger partial charge in [0.05, 0.1) is 0 Å². The van der Waals surface area contributed by atoms with E-state index in [0.717, 1.165) is 0 Å². The number of rotatable bonds is 68. The van der Waals surface area contributed by atoms with Crippen LogP contribution in [-0.4, -0.2) is 349 Å². The van der Waals surface area contributed by atoms with E-state index in [0.29, 0.717) is 157 Å². The fourth-order valence-corrected chi connectivity index (χ4v) is 9.78. The Kier molecular flexibility index (Phi) is 60.7. The molecule has 0 unspecified atom stereocenters. The summed E-state index contributed by atoms with van der Waals surface area (Å²) < 4.78 is 0. The van der Waals surface area contributed by atoms with Gasteiger partial charge in [-0.2, -0.15) is 0 Å². The van der Waals surface area contributed by atoms with Crippen molar-refractivity contribution in [2.45, 2.75) is 83.5 Å². The molecule has 584 valence electrons. The molecule has 12 amide bonds. The third-order valence-corrected chi connectivity index (χ3v) is 15.5. The third-order valence-electron chi connectivity index (χ3n) is 15.5. The quantitative estimate of drug-likeness (QED) is 0.0269. The second-order valence-corrected chi connectivity index (χ2v) is 23.9. The van der Waals surface area contributed by atoms with Crippen LogP contribution in [0.3, 0.4) is 0 Å². The first-order valence-corrected chi connectivity index (χ1v) is 35.9. The molecule has 38 heteroatoms. The second kappa shape index (κ2) is 65.1. The first-order chi connectivity index (χ1) is 48.7. The molecule has 0 rings (SSSR count). The molecular weight excluding hydrogens is 1310 g/mol. The van der Waals surface area contributed by atoms with Crippen molar-refractivity contribution >= 4 is 70.9 Å². The van der Waals surface area contributed by atoms with E-state index in [2.05, 4.69) is 63.8 Å². The Morgan fingerprint density at radius 3 is 0.446 bits per heavy atom. The minimum atomic E-state index is -0.291. The van der Waals surface area contributed by atoms with E-state index in [1.165, 1.54) is 0 Å². The first-order valence-electron chi connectivity index (χ1n) is 35.9. The van der Waals surface area contributed by atoms with Gasteiger partial charge in [-0.05, 0) is 13.0 Å². The number of carbonyl (C=O) groups excluding carboxylic acids is 12. The van der Waals surface area contributed by atoms with E-state index in [-0.39, 0.29) is 246 Å². The van der Waals surface area contributed by atoms with Crippen LogP contribution in [0, 0.1) is 0 Å². The fraction of sp³-hybridized carbons (Fsp3) is 0.810. The standard InChI is InChI=1S/C63H130N26O12/c64-14-22-72-53(91)4-36-85(37-5-54(92)73-23-15-65)46-30-80-52(90)2-1-34-84(35-3-61(99)81-31-47-86(38-6-55(93)74-24-16-66)39-7-56(94)75-25-17-67)50-51-89(44-12-62(100)82-32-48-87(40-8-57(95)76-26-18-68)41-9-58(96)77-27-19-69)45-13-63(101)83-33-49-88(42-10-59(97)78-28-20-70)43-11-60(98)79-29-21-71/h1-51,64-71H2,(H,72,91)(H,73,92)(H,74,93)(H,75,94)(H,76,95)(H,77,96)(H,78,97)(H,79,98)(H,80,90)(H,81,99)(H,82,100)(H,83,101). The summed E-state index contributed by atoms with van der Waals surface area (Å²) in [5.74, 6) is -2.70. The minimum Gasteiger partial charge on any atom is -0.355 e. The Balaban J connectivity index is 6.76. The number of amides is 12. The zero-order valence-electron chi connectivity index (χ0n) is 60.3. The monoisotopic (exact) mass is 1440 g/mol. The molecular formula is C63H130N26O12. The van der Waals surface area contributed by atoms with Crippen molar-refractivity contribution in [3.05, 3.63) is 0 Å². The summed E-state index contributed by atoms with van der Waals surface area (Å²) in [6, 6.07) is 0. The van der Waals surface area contributed by atoms with Crippen molar-refractivity contribution in [1.82, 2.24) is 93.2 Å². The maximum absolute atomic E-state index is 13.7. The molecule has 38 nitrogen and oxygen atoms in total. The summed E-state index contributed by atoms with van der Waals surface area (Å²) in [4.78, 5) is 166. The lowest BCUT2D eigenvalue weighted by Gasteiger charge is -2.28. The van der Waals surface area contributed by atoms with Crippen molar-refractivity contribution in [3.63, 3.8) is 0 Å². The average molecular weight is 1440 g/mol. The van der Waals surface area contributed by atoms with Gasteiger partial charge in [0.25, 0.3) is 0 Å². The lowest BCUT2D eigenvalue weighted by atomic mass is 10.2. The highest BCUT2D eigenvalue weighted by atomic mass is 16.2. The van der Waals surface area contributed by atoms with Crippen LogP contribution in [-0.2, 0) is 57.5 Å². The predicted octanol–water partition coefficient (Wildman–Crippen LogP) is -11.1. The Morgan fingerprint density at radius 1 is 0.158 bits per heavy atom. The van der Waals surface area contributed by atoms with Crippen LogP contribution in [0.2, 0.25) is 0 Å². The van der Waals surface area contributed by atoms with Crippen LogP contribution >= 0.6 is 0 Å². The molecule has 0 aliphatic rings. The van der Waals surface area contributed by atoms with Gasteiger partial charge >= 0.3 is 0 Å². The molecule has 0 aromatic rings. The van der Waals surface area contributed by atoms with Gasteiger partial charge in [0.1, 0.15) is 0 Å².